The number of benzene rings is 3. The summed E-state index contributed by atoms with van der Waals surface area (Å²) in [5.41, 5.74) is 0.350. The lowest BCUT2D eigenvalue weighted by Crippen LogP contribution is -2.63. The Bertz CT molecular complexity index is 1800. The number of anilines is 1. The summed E-state index contributed by atoms with van der Waals surface area (Å²) in [6.45, 7) is 0.209. The van der Waals surface area contributed by atoms with Gasteiger partial charge in [0.15, 0.2) is 17.3 Å². The second-order valence-corrected chi connectivity index (χ2v) is 14.0. The highest BCUT2D eigenvalue weighted by molar-refractivity contribution is 8.11. The minimum absolute atomic E-state index is 0.193. The van der Waals surface area contributed by atoms with Gasteiger partial charge in [0.05, 0.1) is 26.2 Å². The number of methoxy groups -OCH3 is 3. The fraction of sp³-hybridized carbons (Fsp3) is 0.241. The predicted octanol–water partition coefficient (Wildman–Crippen LogP) is 3.01. The Morgan fingerprint density at radius 3 is 2.07 bits per heavy atom. The van der Waals surface area contributed by atoms with Gasteiger partial charge in [-0.2, -0.15) is 0 Å². The molecule has 3 aromatic rings. The highest BCUT2D eigenvalue weighted by Crippen LogP contribution is 2.42. The van der Waals surface area contributed by atoms with Crippen molar-refractivity contribution in [2.24, 2.45) is 0 Å². The van der Waals surface area contributed by atoms with Gasteiger partial charge < -0.3 is 24.8 Å². The molecule has 0 saturated carbocycles. The normalized spacial score (nSPS) is 18.3. The predicted molar refractivity (Wildman–Crippen MR) is 156 cm³/mol. The summed E-state index contributed by atoms with van der Waals surface area (Å²) in [5, 5.41) is 5.24. The Morgan fingerprint density at radius 1 is 0.930 bits per heavy atom. The van der Waals surface area contributed by atoms with Gasteiger partial charge in [-0.3, -0.25) is 9.59 Å². The van der Waals surface area contributed by atoms with E-state index in [1.54, 1.807) is 0 Å². The average Bonchev–Trinajstić information content (AvgIpc) is 2.97. The molecule has 0 radical (unpaired) electrons. The van der Waals surface area contributed by atoms with Crippen molar-refractivity contribution in [3.05, 3.63) is 77.6 Å². The second-order valence-electron chi connectivity index (χ2n) is 9.46. The summed E-state index contributed by atoms with van der Waals surface area (Å²) in [5.74, 6) is -2.14. The van der Waals surface area contributed by atoms with Crippen molar-refractivity contribution in [2.75, 3.05) is 39.7 Å². The topological polar surface area (TPSA) is 154 Å². The molecule has 4 rings (SSSR count). The van der Waals surface area contributed by atoms with Crippen LogP contribution in [0.25, 0.3) is 6.08 Å². The van der Waals surface area contributed by atoms with Crippen LogP contribution in [0.2, 0.25) is 0 Å². The van der Waals surface area contributed by atoms with Gasteiger partial charge in [-0.25, -0.2) is 21.2 Å². The van der Waals surface area contributed by atoms with E-state index in [4.69, 9.17) is 14.2 Å². The molecule has 1 saturated heterocycles. The Hall–Kier alpha value is -4.27. The van der Waals surface area contributed by atoms with Crippen LogP contribution in [0.4, 0.5) is 10.1 Å². The molecule has 1 heterocycles. The zero-order chi connectivity index (χ0) is 31.6. The number of sulfone groups is 2. The molecule has 1 amide bonds. The molecule has 2 N–H and O–H groups in total. The van der Waals surface area contributed by atoms with Crippen LogP contribution in [0.15, 0.2) is 76.0 Å². The second kappa shape index (κ2) is 12.1. The zero-order valence-corrected chi connectivity index (χ0v) is 25.3. The number of ketones is 1. The molecular weight excluding hydrogens is 603 g/mol. The van der Waals surface area contributed by atoms with E-state index >= 15 is 0 Å². The van der Waals surface area contributed by atoms with Crippen LogP contribution in [-0.2, 0) is 29.3 Å². The van der Waals surface area contributed by atoms with Gasteiger partial charge in [0.1, 0.15) is 10.7 Å². The quantitative estimate of drug-likeness (QED) is 0.337. The van der Waals surface area contributed by atoms with Gasteiger partial charge in [-0.15, -0.1) is 0 Å². The van der Waals surface area contributed by atoms with Crippen LogP contribution in [0.5, 0.6) is 17.2 Å². The summed E-state index contributed by atoms with van der Waals surface area (Å²) in [4.78, 5) is 24.3. The minimum Gasteiger partial charge on any atom is -0.493 e. The van der Waals surface area contributed by atoms with Gasteiger partial charge in [-0.1, -0.05) is 12.1 Å². The Labute approximate surface area is 248 Å². The van der Waals surface area contributed by atoms with E-state index < -0.39 is 57.6 Å². The molecule has 1 fully saturated rings. The van der Waals surface area contributed by atoms with Crippen molar-refractivity contribution in [3.63, 3.8) is 0 Å². The van der Waals surface area contributed by atoms with Crippen molar-refractivity contribution in [1.29, 1.82) is 0 Å². The van der Waals surface area contributed by atoms with E-state index in [-0.39, 0.29) is 35.1 Å². The van der Waals surface area contributed by atoms with Crippen LogP contribution in [-0.4, -0.2) is 67.0 Å². The van der Waals surface area contributed by atoms with Crippen LogP contribution >= 0.6 is 0 Å². The number of hydrogen-bond donors (Lipinski definition) is 2. The molecule has 43 heavy (non-hydrogen) atoms. The van der Waals surface area contributed by atoms with Gasteiger partial charge in [0, 0.05) is 31.3 Å². The molecule has 0 aromatic heterocycles. The summed E-state index contributed by atoms with van der Waals surface area (Å²) < 4.78 is 85.0. The molecular formula is C29H29FN2O9S2. The molecule has 228 valence electrons. The lowest BCUT2D eigenvalue weighted by molar-refractivity contribution is -0.116. The van der Waals surface area contributed by atoms with Crippen LogP contribution < -0.4 is 24.8 Å². The summed E-state index contributed by atoms with van der Waals surface area (Å²) in [6, 6.07) is 11.9. The van der Waals surface area contributed by atoms with Crippen LogP contribution in [0.1, 0.15) is 12.5 Å². The monoisotopic (exact) mass is 632 g/mol. The number of ether oxygens (including phenoxy) is 3. The van der Waals surface area contributed by atoms with E-state index in [0.29, 0.717) is 5.56 Å². The molecule has 0 bridgehead atoms. The maximum absolute atomic E-state index is 15.0. The molecule has 14 heteroatoms. The number of amides is 1. The van der Waals surface area contributed by atoms with Crippen molar-refractivity contribution in [3.8, 4) is 17.2 Å². The Kier molecular flexibility index (Phi) is 8.94. The summed E-state index contributed by atoms with van der Waals surface area (Å²) in [6.07, 6.45) is 1.31. The van der Waals surface area contributed by atoms with Gasteiger partial charge in [0.25, 0.3) is 4.08 Å². The van der Waals surface area contributed by atoms with Gasteiger partial charge >= 0.3 is 0 Å². The first kappa shape index (κ1) is 31.7. The van der Waals surface area contributed by atoms with Crippen molar-refractivity contribution >= 4 is 43.1 Å². The molecule has 1 aliphatic rings. The first-order valence-electron chi connectivity index (χ1n) is 12.7. The average molecular weight is 633 g/mol. The van der Waals surface area contributed by atoms with Gasteiger partial charge in [-0.05, 0) is 60.2 Å². The standard InChI is InChI=1S/C29H29FN2O9S2/c1-18(33)32-21-9-11-22(12-10-21)42(35,36)29(43(37,38)26-8-6-5-7-23(26)30)17-31-16-20(28(29)34)13-19-14-24(39-2)27(41-4)25(15-19)40-3/h5-15,31H,16-17H2,1-4H3,(H,32,33). The fourth-order valence-electron chi connectivity index (χ4n) is 4.80. The molecule has 1 atom stereocenters. The number of halogens is 1. The van der Waals surface area contributed by atoms with E-state index in [1.807, 2.05) is 0 Å². The van der Waals surface area contributed by atoms with E-state index in [1.165, 1.54) is 70.7 Å². The number of carbonyl (C=O) groups is 2. The SMILES string of the molecule is COc1cc(C=C2CNCC(S(=O)(=O)c3ccc(NC(C)=O)cc3)(S(=O)(=O)c3ccccc3F)C2=O)cc(OC)c1OC. The third-order valence-electron chi connectivity index (χ3n) is 6.82. The highest BCUT2D eigenvalue weighted by atomic mass is 32.3. The maximum atomic E-state index is 15.0. The number of piperidine rings is 1. The number of hydrogen-bond acceptors (Lipinski definition) is 10. The van der Waals surface area contributed by atoms with Crippen LogP contribution in [0.3, 0.4) is 0 Å². The van der Waals surface area contributed by atoms with Gasteiger partial charge in [0.2, 0.25) is 31.3 Å². The molecule has 0 aliphatic carbocycles. The minimum atomic E-state index is -5.25. The number of Topliss-reactive ketones (excluding diaryl/α,β-unsaturated/α-hetero) is 1. The molecule has 3 aromatic carbocycles. The third kappa shape index (κ3) is 5.48. The van der Waals surface area contributed by atoms with Crippen molar-refractivity contribution < 1.29 is 45.0 Å². The lowest BCUT2D eigenvalue weighted by Gasteiger charge is -2.36. The van der Waals surface area contributed by atoms with Crippen molar-refractivity contribution in [2.45, 2.75) is 20.8 Å². The first-order chi connectivity index (χ1) is 20.3. The summed E-state index contributed by atoms with van der Waals surface area (Å²) >= 11 is 0. The van der Waals surface area contributed by atoms with E-state index in [9.17, 15) is 30.8 Å². The molecule has 1 aliphatic heterocycles. The summed E-state index contributed by atoms with van der Waals surface area (Å²) in [7, 11) is -6.17. The molecule has 0 spiro atoms. The first-order valence-corrected chi connectivity index (χ1v) is 15.7. The zero-order valence-electron chi connectivity index (χ0n) is 23.6. The third-order valence-corrected chi connectivity index (χ3v) is 12.3. The molecule has 11 nitrogen and oxygen atoms in total. The highest BCUT2D eigenvalue weighted by Gasteiger charge is 2.64. The van der Waals surface area contributed by atoms with Crippen LogP contribution in [0, 0.1) is 5.82 Å². The maximum Gasteiger partial charge on any atom is 0.255 e. The Morgan fingerprint density at radius 2 is 1.53 bits per heavy atom. The smallest absolute Gasteiger partial charge is 0.255 e. The number of nitrogens with one attached hydrogen (secondary N) is 2. The van der Waals surface area contributed by atoms with E-state index in [2.05, 4.69) is 10.6 Å². The molecule has 1 unspecified atom stereocenters. The fourth-order valence-corrected chi connectivity index (χ4v) is 9.66. The van der Waals surface area contributed by atoms with Crippen molar-refractivity contribution in [1.82, 2.24) is 5.32 Å². The number of carbonyl (C=O) groups excluding carboxylic acids is 2. The Balaban J connectivity index is 1.97. The lowest BCUT2D eigenvalue weighted by atomic mass is 10.0. The largest absolute Gasteiger partial charge is 0.493 e. The van der Waals surface area contributed by atoms with E-state index in [0.717, 1.165) is 24.3 Å². The number of rotatable bonds is 9.